The average Bonchev–Trinajstić information content (AvgIpc) is 1.58. The van der Waals surface area contributed by atoms with E-state index in [1.807, 2.05) is 222 Å². The summed E-state index contributed by atoms with van der Waals surface area (Å²) in [6, 6.07) is 87.7. The van der Waals surface area contributed by atoms with Gasteiger partial charge in [-0.3, -0.25) is 73.5 Å². The molecule has 4 N–H and O–H groups in total. The highest BCUT2D eigenvalue weighted by Crippen LogP contribution is 2.65. The number of halogens is 4. The van der Waals surface area contributed by atoms with Gasteiger partial charge in [0.1, 0.15) is 24.4 Å². The molecule has 4 heterocycles. The maximum Gasteiger partial charge on any atom is 0.475 e. The first-order valence-electron chi connectivity index (χ1n) is 47.0. The van der Waals surface area contributed by atoms with E-state index in [9.17, 15) is 57.9 Å². The van der Waals surface area contributed by atoms with E-state index in [4.69, 9.17) is 54.3 Å². The number of amides is 4. The van der Waals surface area contributed by atoms with Crippen molar-refractivity contribution in [2.75, 3.05) is 72.5 Å². The van der Waals surface area contributed by atoms with Crippen LogP contribution in [0.3, 0.4) is 0 Å². The Kier molecular flexibility index (Phi) is 38.3. The summed E-state index contributed by atoms with van der Waals surface area (Å²) >= 11 is 13.9. The van der Waals surface area contributed by atoms with Crippen molar-refractivity contribution in [3.63, 3.8) is 0 Å². The first-order valence-corrected chi connectivity index (χ1v) is 56.0. The Labute approximate surface area is 873 Å². The molecule has 0 radical (unpaired) electrons. The predicted octanol–water partition coefficient (Wildman–Crippen LogP) is 25.7. The predicted molar refractivity (Wildman–Crippen MR) is 566 cm³/mol. The molecule has 0 unspecified atom stereocenters. The molecule has 144 heavy (non-hydrogen) atoms. The quantitative estimate of drug-likeness (QED) is 0.0259. The lowest BCUT2D eigenvalue weighted by atomic mass is 9.85. The fourth-order valence-corrected chi connectivity index (χ4v) is 24.2. The minimum absolute atomic E-state index is 0.0620. The van der Waals surface area contributed by atoms with Crippen LogP contribution >= 0.6 is 95.0 Å². The topological polar surface area (TPSA) is 341 Å². The lowest BCUT2D eigenvalue weighted by molar-refractivity contribution is -0.150. The number of aryl methyl sites for hydroxylation is 4. The van der Waals surface area contributed by atoms with Crippen molar-refractivity contribution in [3.05, 3.63) is 398 Å². The highest BCUT2D eigenvalue weighted by Gasteiger charge is 2.63. The van der Waals surface area contributed by atoms with E-state index in [1.165, 1.54) is 19.6 Å². The Morgan fingerprint density at radius 2 is 0.410 bits per heavy atom. The zero-order chi connectivity index (χ0) is 104. The Hall–Kier alpha value is -9.28. The number of hydrogen-bond acceptors (Lipinski definition) is 24. The summed E-state index contributed by atoms with van der Waals surface area (Å²) in [5.74, 6) is -2.37. The molecule has 0 saturated carbocycles. The Bertz CT molecular complexity index is 5830. The summed E-state index contributed by atoms with van der Waals surface area (Å²) < 4.78 is 124. The molecule has 4 amide bonds. The second-order valence-corrected chi connectivity index (χ2v) is 44.1. The highest BCUT2D eigenvalue weighted by molar-refractivity contribution is 9.11. The van der Waals surface area contributed by atoms with Gasteiger partial charge >= 0.3 is 31.3 Å². The van der Waals surface area contributed by atoms with E-state index in [2.05, 4.69) is 63.7 Å². The van der Waals surface area contributed by atoms with Gasteiger partial charge in [-0.2, -0.15) is 0 Å². The maximum absolute atomic E-state index is 14.1. The monoisotopic (exact) mass is 2290 g/mol. The molecule has 28 nitrogen and oxygen atoms in total. The summed E-state index contributed by atoms with van der Waals surface area (Å²) in [4.78, 5) is 62.5. The second kappa shape index (κ2) is 49.2. The van der Waals surface area contributed by atoms with Gasteiger partial charge in [0.2, 0.25) is 22.4 Å². The number of hydrogen-bond donors (Lipinski definition) is 4. The molecule has 0 aromatic heterocycles. The molecule has 0 spiro atoms. The maximum atomic E-state index is 14.1. The molecule has 16 rings (SSSR count). The van der Waals surface area contributed by atoms with Crippen molar-refractivity contribution in [1.82, 2.24) is 0 Å². The van der Waals surface area contributed by atoms with Crippen LogP contribution in [0.4, 0.5) is 22.7 Å². The van der Waals surface area contributed by atoms with Gasteiger partial charge in [-0.1, -0.05) is 304 Å². The highest BCUT2D eigenvalue weighted by atomic mass is 79.9. The van der Waals surface area contributed by atoms with E-state index in [0.717, 1.165) is 44.5 Å². The third-order valence-corrected chi connectivity index (χ3v) is 32.4. The van der Waals surface area contributed by atoms with Crippen LogP contribution in [0, 0.1) is 27.7 Å². The summed E-state index contributed by atoms with van der Waals surface area (Å²) in [5.41, 5.74) is 4.04. The number of rotatable bonds is 40. The summed E-state index contributed by atoms with van der Waals surface area (Å²) in [7, 11) is -16.5. The molecule has 4 aliphatic rings. The van der Waals surface area contributed by atoms with Crippen LogP contribution in [0.5, 0.6) is 0 Å². The molecule has 760 valence electrons. The first kappa shape index (κ1) is 112. The molecule has 12 aromatic rings. The SMILES string of the molecule is CCOP(=O)(OCC)O[C@@H](c1ccc(C)cc1)[C@@]1(O)C(=O)N(Cc2ccccc2)c2ccc(Br)cc21.CCOP(=O)(OCC)O[C@@H](c1ccc(C)cc1)[C@@]1(O)C(=O)N(Cc2ccccc2)c2ccc(Br)cc21.CCOP(=O)(OCC)O[C@@H](c1ccc(C)cc1)[C@@]1(O)C(=O)N(Cc2ccccc2)c2ccc(Br)cc21.CCOP(=O)(OCC)O[C@@H](c1ccc(C)cc1)[C@@]1(O)C(=O)N(Cc2ccccc2)c2ccc(Br)cc21. The van der Waals surface area contributed by atoms with Gasteiger partial charge in [-0.05, 0) is 200 Å². The number of anilines is 4. The van der Waals surface area contributed by atoms with E-state index >= 15 is 0 Å². The number of carbonyl (C=O) groups is 4. The van der Waals surface area contributed by atoms with Crippen LogP contribution < -0.4 is 19.6 Å². The Morgan fingerprint density at radius 3 is 0.562 bits per heavy atom. The van der Waals surface area contributed by atoms with Crippen LogP contribution in [0.25, 0.3) is 0 Å². The van der Waals surface area contributed by atoms with Crippen LogP contribution in [0.1, 0.15) is 169 Å². The van der Waals surface area contributed by atoms with Crippen molar-refractivity contribution in [2.24, 2.45) is 0 Å². The van der Waals surface area contributed by atoms with Crippen molar-refractivity contribution >= 4 is 141 Å². The van der Waals surface area contributed by atoms with E-state index < -0.39 is 102 Å². The smallest absolute Gasteiger partial charge is 0.373 e. The fraction of sp³-hybridized carbons (Fsp3) is 0.296. The first-order chi connectivity index (χ1) is 68.9. The largest absolute Gasteiger partial charge is 0.475 e. The molecule has 0 fully saturated rings. The molecule has 8 atom stereocenters. The lowest BCUT2D eigenvalue weighted by Crippen LogP contribution is -2.45. The molecule has 4 aliphatic heterocycles. The summed E-state index contributed by atoms with van der Waals surface area (Å²) in [6.45, 7) is 22.5. The zero-order valence-corrected chi connectivity index (χ0v) is 91.5. The number of nitrogens with zero attached hydrogens (tertiary/aromatic N) is 4. The average molecular weight is 2300 g/mol. The number of benzene rings is 12. The van der Waals surface area contributed by atoms with E-state index in [1.54, 1.807) is 152 Å². The minimum Gasteiger partial charge on any atom is -0.373 e. The molecule has 0 aliphatic carbocycles. The fourth-order valence-electron chi connectivity index (χ4n) is 17.3. The molecule has 36 heteroatoms. The van der Waals surface area contributed by atoms with Gasteiger partial charge in [-0.25, -0.2) is 18.3 Å². The van der Waals surface area contributed by atoms with Gasteiger partial charge in [-0.15, -0.1) is 0 Å². The molecule has 0 bridgehead atoms. The Balaban J connectivity index is 0.000000161. The lowest BCUT2D eigenvalue weighted by Gasteiger charge is -2.34. The van der Waals surface area contributed by atoms with Crippen molar-refractivity contribution in [3.8, 4) is 0 Å². The van der Waals surface area contributed by atoms with Gasteiger partial charge in [0, 0.05) is 40.1 Å². The number of carbonyl (C=O) groups excluding carboxylic acids is 4. The molecule has 0 saturated heterocycles. The van der Waals surface area contributed by atoms with Gasteiger partial charge < -0.3 is 40.0 Å². The standard InChI is InChI=1S/4C27H29BrNO6P/c4*1-4-33-36(32,34-5-2)35-25(21-13-11-19(3)12-14-21)27(31)23-17-22(28)15-16-24(23)29(26(27)30)18-20-9-7-6-8-10-20/h4*6-17,25,31H,4-5,18H2,1-3H3/t4*25-,27+/m0000/s1. The van der Waals surface area contributed by atoms with Gasteiger partial charge in [0.25, 0.3) is 23.6 Å². The van der Waals surface area contributed by atoms with Crippen LogP contribution in [0.15, 0.2) is 309 Å². The number of fused-ring (bicyclic) bond motifs is 4. The molecular weight excluding hydrogens is 2180 g/mol. The second-order valence-electron chi connectivity index (χ2n) is 33.9. The minimum atomic E-state index is -4.13. The molecule has 12 aromatic carbocycles. The van der Waals surface area contributed by atoms with Crippen LogP contribution in [0.2, 0.25) is 0 Å². The third kappa shape index (κ3) is 25.1. The van der Waals surface area contributed by atoms with E-state index in [-0.39, 0.29) is 79.0 Å². The number of aliphatic hydroxyl groups is 4. The third-order valence-electron chi connectivity index (χ3n) is 23.9. The van der Waals surface area contributed by atoms with Crippen molar-refractivity contribution < 1.29 is 112 Å². The number of phosphoric acid groups is 4. The molecular formula is C108H116Br4N4O24P4. The number of phosphoric ester groups is 4. The summed E-state index contributed by atoms with van der Waals surface area (Å²) in [6.07, 6.45) is -5.49. The van der Waals surface area contributed by atoms with Gasteiger partial charge in [0.05, 0.1) is 102 Å². The van der Waals surface area contributed by atoms with E-state index in [0.29, 0.717) is 85.1 Å². The van der Waals surface area contributed by atoms with Crippen molar-refractivity contribution in [2.45, 2.75) is 156 Å². The summed E-state index contributed by atoms with van der Waals surface area (Å²) in [5, 5.41) is 49.2. The van der Waals surface area contributed by atoms with Crippen LogP contribution in [-0.4, -0.2) is 96.9 Å². The van der Waals surface area contributed by atoms with Crippen molar-refractivity contribution in [1.29, 1.82) is 0 Å². The zero-order valence-electron chi connectivity index (χ0n) is 81.6. The van der Waals surface area contributed by atoms with Crippen LogP contribution in [-0.2, 0) is 140 Å². The Morgan fingerprint density at radius 1 is 0.250 bits per heavy atom. The normalized spacial score (nSPS) is 18.4. The van der Waals surface area contributed by atoms with Gasteiger partial charge in [0.15, 0.2) is 0 Å².